The topological polar surface area (TPSA) is 176 Å². The van der Waals surface area contributed by atoms with E-state index in [4.69, 9.17) is 18.9 Å². The molecule has 0 N–H and O–H groups in total. The van der Waals surface area contributed by atoms with Gasteiger partial charge in [-0.1, -0.05) is 0 Å². The lowest BCUT2D eigenvalue weighted by atomic mass is 10.1. The minimum absolute atomic E-state index is 0.0658. The third-order valence-corrected chi connectivity index (χ3v) is 5.04. The fourth-order valence-electron chi connectivity index (χ4n) is 3.55. The fourth-order valence-corrected chi connectivity index (χ4v) is 3.55. The van der Waals surface area contributed by atoms with Crippen molar-refractivity contribution in [3.05, 3.63) is 20.2 Å². The first-order chi connectivity index (χ1) is 15.2. The molecule has 2 saturated heterocycles. The Hall–Kier alpha value is -2.74. The summed E-state index contributed by atoms with van der Waals surface area (Å²) in [6.45, 7) is 3.29. The number of fused-ring (bicyclic) bond motifs is 1. The van der Waals surface area contributed by atoms with Crippen LogP contribution >= 0.6 is 0 Å². The van der Waals surface area contributed by atoms with Crippen molar-refractivity contribution in [1.29, 1.82) is 0 Å². The van der Waals surface area contributed by atoms with E-state index in [-0.39, 0.29) is 26.1 Å². The van der Waals surface area contributed by atoms with Crippen LogP contribution in [0.2, 0.25) is 0 Å². The predicted molar refractivity (Wildman–Crippen MR) is 102 cm³/mol. The summed E-state index contributed by atoms with van der Waals surface area (Å²) in [4.78, 5) is 53.3. The van der Waals surface area contributed by atoms with Crippen LogP contribution in [0.1, 0.15) is 52.4 Å². The van der Waals surface area contributed by atoms with Crippen molar-refractivity contribution in [2.24, 2.45) is 0 Å². The lowest BCUT2D eigenvalue weighted by molar-refractivity contribution is -0.767. The molecule has 0 aliphatic carbocycles. The number of rotatable bonds is 14. The van der Waals surface area contributed by atoms with Gasteiger partial charge in [0.2, 0.25) is 0 Å². The van der Waals surface area contributed by atoms with E-state index < -0.39 is 58.7 Å². The average Bonchev–Trinajstić information content (AvgIpc) is 3.24. The minimum atomic E-state index is -0.870. The molecule has 2 fully saturated rings. The van der Waals surface area contributed by atoms with Crippen LogP contribution in [0.15, 0.2) is 0 Å². The zero-order valence-electron chi connectivity index (χ0n) is 17.9. The highest BCUT2D eigenvalue weighted by Gasteiger charge is 2.51. The van der Waals surface area contributed by atoms with Gasteiger partial charge in [0.15, 0.2) is 12.2 Å². The normalized spacial score (nSPS) is 25.9. The van der Waals surface area contributed by atoms with Crippen molar-refractivity contribution in [3.8, 4) is 0 Å². The number of hydrogen-bond acceptors (Lipinski definition) is 12. The molecule has 0 bridgehead atoms. The summed E-state index contributed by atoms with van der Waals surface area (Å²) in [5.74, 6) is -0.967. The van der Waals surface area contributed by atoms with E-state index >= 15 is 0 Å². The molecule has 0 spiro atoms. The molecule has 14 nitrogen and oxygen atoms in total. The second-order valence-corrected chi connectivity index (χ2v) is 7.72. The molecule has 2 aliphatic rings. The van der Waals surface area contributed by atoms with Gasteiger partial charge in [-0.25, -0.2) is 0 Å². The fraction of sp³-hybridized carbons (Fsp3) is 0.889. The van der Waals surface area contributed by atoms with Gasteiger partial charge in [-0.2, -0.15) is 0 Å². The smallest absolute Gasteiger partial charge is 0.306 e. The Labute approximate surface area is 183 Å². The van der Waals surface area contributed by atoms with Gasteiger partial charge in [0, 0.05) is 12.8 Å². The molecule has 0 aromatic carbocycles. The molecular weight excluding hydrogens is 436 g/mol. The number of hydrogen-bond donors (Lipinski definition) is 0. The Balaban J connectivity index is 1.66. The summed E-state index contributed by atoms with van der Waals surface area (Å²) in [6.07, 6.45) is -2.10. The van der Waals surface area contributed by atoms with E-state index in [1.165, 1.54) is 13.8 Å². The SMILES string of the molecule is CC(CCCC(=O)OC1CO[C@@H]2C(OC(=O)CCCC(C)O[N+](=O)[O-])CO[C@H]12)O[N+](=O)[O-]. The maximum absolute atomic E-state index is 12.0. The van der Waals surface area contributed by atoms with Crippen LogP contribution in [-0.2, 0) is 38.2 Å². The summed E-state index contributed by atoms with van der Waals surface area (Å²) >= 11 is 0. The van der Waals surface area contributed by atoms with Gasteiger partial charge in [0.25, 0.3) is 10.2 Å². The van der Waals surface area contributed by atoms with Gasteiger partial charge in [-0.05, 0) is 39.5 Å². The van der Waals surface area contributed by atoms with Crippen LogP contribution in [0.4, 0.5) is 0 Å². The number of esters is 2. The molecule has 4 unspecified atom stereocenters. The summed E-state index contributed by atoms with van der Waals surface area (Å²) in [7, 11) is 0. The molecule has 2 heterocycles. The van der Waals surface area contributed by atoms with Gasteiger partial charge in [0.05, 0.1) is 13.2 Å². The number of ether oxygens (including phenoxy) is 4. The molecule has 32 heavy (non-hydrogen) atoms. The predicted octanol–water partition coefficient (Wildman–Crippen LogP) is 1.14. The molecule has 0 aromatic heterocycles. The Kier molecular flexibility index (Phi) is 9.84. The van der Waals surface area contributed by atoms with Crippen LogP contribution < -0.4 is 0 Å². The van der Waals surface area contributed by atoms with Gasteiger partial charge >= 0.3 is 11.9 Å². The Bertz CT molecular complexity index is 618. The van der Waals surface area contributed by atoms with Crippen molar-refractivity contribution < 1.29 is 48.4 Å². The number of nitrogens with zero attached hydrogens (tertiary/aromatic N) is 2. The largest absolute Gasteiger partial charge is 0.457 e. The molecule has 182 valence electrons. The maximum Gasteiger partial charge on any atom is 0.306 e. The minimum Gasteiger partial charge on any atom is -0.457 e. The Morgan fingerprint density at radius 1 is 0.844 bits per heavy atom. The van der Waals surface area contributed by atoms with Crippen LogP contribution in [0.3, 0.4) is 0 Å². The Morgan fingerprint density at radius 3 is 1.56 bits per heavy atom. The molecule has 0 amide bonds. The van der Waals surface area contributed by atoms with E-state index in [0.717, 1.165) is 0 Å². The molecule has 6 atom stereocenters. The van der Waals surface area contributed by atoms with Crippen molar-refractivity contribution >= 4 is 11.9 Å². The zero-order valence-corrected chi connectivity index (χ0v) is 17.9. The third kappa shape index (κ3) is 8.42. The summed E-state index contributed by atoms with van der Waals surface area (Å²) < 4.78 is 22.0. The lowest BCUT2D eigenvalue weighted by Crippen LogP contribution is -2.36. The molecule has 0 radical (unpaired) electrons. The van der Waals surface area contributed by atoms with Crippen molar-refractivity contribution in [1.82, 2.24) is 0 Å². The second kappa shape index (κ2) is 12.3. The van der Waals surface area contributed by atoms with Crippen molar-refractivity contribution in [3.63, 3.8) is 0 Å². The van der Waals surface area contributed by atoms with Crippen LogP contribution in [0, 0.1) is 20.2 Å². The first-order valence-electron chi connectivity index (χ1n) is 10.4. The standard InChI is InChI=1S/C18H28N2O12/c1-11(31-19(23)24)5-3-7-15(21)29-13-9-27-18-14(10-28-17(13)18)30-16(22)8-4-6-12(2)32-20(25)26/h11-14,17-18H,3-10H2,1-2H3/t11?,12?,13?,14?,17-,18-/m1/s1. The van der Waals surface area contributed by atoms with Gasteiger partial charge in [-0.3, -0.25) is 9.59 Å². The van der Waals surface area contributed by atoms with Crippen molar-refractivity contribution in [2.45, 2.75) is 89.0 Å². The number of carbonyl (C=O) groups is 2. The van der Waals surface area contributed by atoms with Gasteiger partial charge in [-0.15, -0.1) is 20.2 Å². The van der Waals surface area contributed by atoms with Crippen LogP contribution in [0.25, 0.3) is 0 Å². The maximum atomic E-state index is 12.0. The molecule has 2 rings (SSSR count). The van der Waals surface area contributed by atoms with Gasteiger partial charge in [0.1, 0.15) is 24.4 Å². The van der Waals surface area contributed by atoms with Crippen molar-refractivity contribution in [2.75, 3.05) is 13.2 Å². The number of carbonyl (C=O) groups excluding carboxylic acids is 2. The monoisotopic (exact) mass is 464 g/mol. The van der Waals surface area contributed by atoms with Crippen LogP contribution in [-0.4, -0.2) is 71.9 Å². The van der Waals surface area contributed by atoms with E-state index in [1.54, 1.807) is 0 Å². The molecule has 14 heteroatoms. The summed E-state index contributed by atoms with van der Waals surface area (Å²) in [5, 5.41) is 18.8. The third-order valence-electron chi connectivity index (χ3n) is 5.04. The first kappa shape index (κ1) is 25.5. The van der Waals surface area contributed by atoms with E-state index in [1.807, 2.05) is 0 Å². The second-order valence-electron chi connectivity index (χ2n) is 7.72. The van der Waals surface area contributed by atoms with E-state index in [0.29, 0.717) is 25.7 Å². The highest BCUT2D eigenvalue weighted by molar-refractivity contribution is 5.70. The highest BCUT2D eigenvalue weighted by Crippen LogP contribution is 2.31. The Morgan fingerprint density at radius 2 is 1.22 bits per heavy atom. The average molecular weight is 464 g/mol. The van der Waals surface area contributed by atoms with Crippen LogP contribution in [0.5, 0.6) is 0 Å². The highest BCUT2D eigenvalue weighted by atomic mass is 17.0. The molecule has 2 aliphatic heterocycles. The molecular formula is C18H28N2O12. The first-order valence-corrected chi connectivity index (χ1v) is 10.4. The molecule has 0 aromatic rings. The van der Waals surface area contributed by atoms with E-state index in [9.17, 15) is 29.8 Å². The summed E-state index contributed by atoms with van der Waals surface area (Å²) in [5.41, 5.74) is 0. The zero-order chi connectivity index (χ0) is 23.7. The quantitative estimate of drug-likeness (QED) is 0.204. The summed E-state index contributed by atoms with van der Waals surface area (Å²) in [6, 6.07) is 0. The van der Waals surface area contributed by atoms with E-state index in [2.05, 4.69) is 9.68 Å². The lowest BCUT2D eigenvalue weighted by Gasteiger charge is -2.17. The molecule has 0 saturated carbocycles. The van der Waals surface area contributed by atoms with Gasteiger partial charge < -0.3 is 28.6 Å².